The Bertz CT molecular complexity index is 367. The molecule has 1 aliphatic rings. The van der Waals surface area contributed by atoms with Crippen LogP contribution in [0.25, 0.3) is 0 Å². The average Bonchev–Trinajstić information content (AvgIpc) is 2.90. The van der Waals surface area contributed by atoms with Gasteiger partial charge in [-0.25, -0.2) is 0 Å². The molecule has 1 aliphatic heterocycles. The summed E-state index contributed by atoms with van der Waals surface area (Å²) in [4.78, 5) is 14.2. The molecule has 0 aliphatic carbocycles. The average molecular weight is 250 g/mol. The van der Waals surface area contributed by atoms with E-state index in [-0.39, 0.29) is 11.9 Å². The first-order chi connectivity index (χ1) is 8.68. The number of hydrogen-bond acceptors (Lipinski definition) is 3. The van der Waals surface area contributed by atoms with Gasteiger partial charge >= 0.3 is 0 Å². The van der Waals surface area contributed by atoms with Crippen molar-refractivity contribution in [1.82, 2.24) is 10.2 Å². The number of carbonyl (C=O) groups is 1. The summed E-state index contributed by atoms with van der Waals surface area (Å²) in [6.45, 7) is 7.03. The highest BCUT2D eigenvalue weighted by molar-refractivity contribution is 5.91. The monoisotopic (exact) mass is 250 g/mol. The first kappa shape index (κ1) is 13.1. The van der Waals surface area contributed by atoms with Crippen molar-refractivity contribution >= 4 is 5.91 Å². The predicted octanol–water partition coefficient (Wildman–Crippen LogP) is 2.13. The van der Waals surface area contributed by atoms with Gasteiger partial charge in [0.15, 0.2) is 5.76 Å². The molecule has 100 valence electrons. The number of furan rings is 1. The van der Waals surface area contributed by atoms with Crippen molar-refractivity contribution in [3.8, 4) is 0 Å². The van der Waals surface area contributed by atoms with Gasteiger partial charge in [-0.2, -0.15) is 0 Å². The maximum absolute atomic E-state index is 12.3. The lowest BCUT2D eigenvalue weighted by Crippen LogP contribution is -2.44. The number of hydrogen-bond donors (Lipinski definition) is 1. The lowest BCUT2D eigenvalue weighted by atomic mass is 9.98. The molecule has 0 aromatic carbocycles. The van der Waals surface area contributed by atoms with E-state index in [1.807, 2.05) is 4.90 Å². The third-order valence-electron chi connectivity index (χ3n) is 3.47. The van der Waals surface area contributed by atoms with Gasteiger partial charge in [-0.1, -0.05) is 0 Å². The summed E-state index contributed by atoms with van der Waals surface area (Å²) < 4.78 is 5.21. The summed E-state index contributed by atoms with van der Waals surface area (Å²) in [6.07, 6.45) is 3.95. The standard InChI is InChI=1S/C14H22N2O2/c1-11(2)16(10-12-5-3-7-15-9-12)14(17)13-6-4-8-18-13/h4,6,8,11-12,15H,3,5,7,9-10H2,1-2H3. The molecule has 1 unspecified atom stereocenters. The van der Waals surface area contributed by atoms with Crippen LogP contribution in [0, 0.1) is 5.92 Å². The summed E-state index contributed by atoms with van der Waals surface area (Å²) >= 11 is 0. The molecule has 0 bridgehead atoms. The Balaban J connectivity index is 2.01. The molecule has 1 aromatic heterocycles. The Hall–Kier alpha value is -1.29. The minimum absolute atomic E-state index is 0.000531. The highest BCUT2D eigenvalue weighted by atomic mass is 16.3. The predicted molar refractivity (Wildman–Crippen MR) is 70.5 cm³/mol. The molecule has 4 heteroatoms. The summed E-state index contributed by atoms with van der Waals surface area (Å²) in [6, 6.07) is 3.69. The van der Waals surface area contributed by atoms with Crippen LogP contribution in [0.3, 0.4) is 0 Å². The zero-order valence-electron chi connectivity index (χ0n) is 11.2. The third kappa shape index (κ3) is 3.13. The smallest absolute Gasteiger partial charge is 0.289 e. The van der Waals surface area contributed by atoms with Crippen molar-refractivity contribution < 1.29 is 9.21 Å². The van der Waals surface area contributed by atoms with Crippen molar-refractivity contribution in [2.45, 2.75) is 32.7 Å². The molecule has 1 atom stereocenters. The van der Waals surface area contributed by atoms with Crippen LogP contribution < -0.4 is 5.32 Å². The second-order valence-electron chi connectivity index (χ2n) is 5.24. The number of nitrogens with zero attached hydrogens (tertiary/aromatic N) is 1. The van der Waals surface area contributed by atoms with Gasteiger partial charge in [0, 0.05) is 12.6 Å². The number of rotatable bonds is 4. The number of nitrogens with one attached hydrogen (secondary N) is 1. The van der Waals surface area contributed by atoms with E-state index in [0.717, 1.165) is 19.6 Å². The Labute approximate surface area is 108 Å². The number of carbonyl (C=O) groups excluding carboxylic acids is 1. The molecule has 2 rings (SSSR count). The first-order valence-electron chi connectivity index (χ1n) is 6.73. The Kier molecular flexibility index (Phi) is 4.42. The fourth-order valence-electron chi connectivity index (χ4n) is 2.43. The van der Waals surface area contributed by atoms with Gasteiger partial charge in [-0.05, 0) is 57.8 Å². The molecular formula is C14H22N2O2. The van der Waals surface area contributed by atoms with E-state index in [0.29, 0.717) is 11.7 Å². The number of piperidine rings is 1. The van der Waals surface area contributed by atoms with Gasteiger partial charge in [0.2, 0.25) is 0 Å². The van der Waals surface area contributed by atoms with Gasteiger partial charge in [-0.15, -0.1) is 0 Å². The quantitative estimate of drug-likeness (QED) is 0.890. The molecule has 1 amide bonds. The first-order valence-corrected chi connectivity index (χ1v) is 6.73. The minimum Gasteiger partial charge on any atom is -0.459 e. The van der Waals surface area contributed by atoms with Gasteiger partial charge in [0.1, 0.15) is 0 Å². The molecule has 4 nitrogen and oxygen atoms in total. The van der Waals surface area contributed by atoms with Gasteiger partial charge < -0.3 is 14.6 Å². The van der Waals surface area contributed by atoms with E-state index >= 15 is 0 Å². The van der Waals surface area contributed by atoms with E-state index in [1.54, 1.807) is 18.4 Å². The van der Waals surface area contributed by atoms with Crippen molar-refractivity contribution in [2.75, 3.05) is 19.6 Å². The molecular weight excluding hydrogens is 228 g/mol. The highest BCUT2D eigenvalue weighted by Gasteiger charge is 2.25. The summed E-state index contributed by atoms with van der Waals surface area (Å²) in [5.74, 6) is 0.994. The molecule has 1 fully saturated rings. The molecule has 1 N–H and O–H groups in total. The Morgan fingerprint density at radius 1 is 1.61 bits per heavy atom. The van der Waals surface area contributed by atoms with E-state index in [1.165, 1.54) is 12.8 Å². The van der Waals surface area contributed by atoms with Crippen LogP contribution in [-0.4, -0.2) is 36.5 Å². The van der Waals surface area contributed by atoms with Crippen LogP contribution in [0.2, 0.25) is 0 Å². The van der Waals surface area contributed by atoms with Crippen LogP contribution in [0.1, 0.15) is 37.2 Å². The van der Waals surface area contributed by atoms with E-state index < -0.39 is 0 Å². The SMILES string of the molecule is CC(C)N(CC1CCCNC1)C(=O)c1ccco1. The molecule has 0 spiro atoms. The lowest BCUT2D eigenvalue weighted by molar-refractivity contribution is 0.0628. The van der Waals surface area contributed by atoms with Crippen molar-refractivity contribution in [1.29, 1.82) is 0 Å². The Morgan fingerprint density at radius 3 is 3.00 bits per heavy atom. The zero-order chi connectivity index (χ0) is 13.0. The van der Waals surface area contributed by atoms with Crippen molar-refractivity contribution in [2.24, 2.45) is 5.92 Å². The highest BCUT2D eigenvalue weighted by Crippen LogP contribution is 2.16. The fourth-order valence-corrected chi connectivity index (χ4v) is 2.43. The summed E-state index contributed by atoms with van der Waals surface area (Å²) in [7, 11) is 0. The zero-order valence-corrected chi connectivity index (χ0v) is 11.2. The second kappa shape index (κ2) is 6.05. The molecule has 1 aromatic rings. The van der Waals surface area contributed by atoms with Gasteiger partial charge in [0.05, 0.1) is 6.26 Å². The normalized spacial score (nSPS) is 20.1. The van der Waals surface area contributed by atoms with Crippen LogP contribution in [0.5, 0.6) is 0 Å². The van der Waals surface area contributed by atoms with Gasteiger partial charge in [0.25, 0.3) is 5.91 Å². The largest absolute Gasteiger partial charge is 0.459 e. The molecule has 0 saturated carbocycles. The van der Waals surface area contributed by atoms with E-state index in [4.69, 9.17) is 4.42 Å². The number of amides is 1. The van der Waals surface area contributed by atoms with Crippen LogP contribution >= 0.6 is 0 Å². The summed E-state index contributed by atoms with van der Waals surface area (Å²) in [5.41, 5.74) is 0. The molecule has 2 heterocycles. The lowest BCUT2D eigenvalue weighted by Gasteiger charge is -2.32. The van der Waals surface area contributed by atoms with Crippen LogP contribution in [0.15, 0.2) is 22.8 Å². The van der Waals surface area contributed by atoms with Crippen molar-refractivity contribution in [3.05, 3.63) is 24.2 Å². The second-order valence-corrected chi connectivity index (χ2v) is 5.24. The maximum Gasteiger partial charge on any atom is 0.289 e. The minimum atomic E-state index is 0.000531. The molecule has 0 radical (unpaired) electrons. The summed E-state index contributed by atoms with van der Waals surface area (Å²) in [5, 5.41) is 3.39. The maximum atomic E-state index is 12.3. The molecule has 18 heavy (non-hydrogen) atoms. The fraction of sp³-hybridized carbons (Fsp3) is 0.643. The molecule has 1 saturated heterocycles. The van der Waals surface area contributed by atoms with Gasteiger partial charge in [-0.3, -0.25) is 4.79 Å². The third-order valence-corrected chi connectivity index (χ3v) is 3.47. The van der Waals surface area contributed by atoms with E-state index in [9.17, 15) is 4.79 Å². The van der Waals surface area contributed by atoms with Crippen molar-refractivity contribution in [3.63, 3.8) is 0 Å². The van der Waals surface area contributed by atoms with E-state index in [2.05, 4.69) is 19.2 Å². The topological polar surface area (TPSA) is 45.5 Å². The Morgan fingerprint density at radius 2 is 2.44 bits per heavy atom. The van der Waals surface area contributed by atoms with Crippen LogP contribution in [0.4, 0.5) is 0 Å². The van der Waals surface area contributed by atoms with Crippen LogP contribution in [-0.2, 0) is 0 Å².